The van der Waals surface area contributed by atoms with Crippen molar-refractivity contribution >= 4 is 28.6 Å². The number of carbonyl (C=O) groups excluding carboxylic acids is 2. The molecule has 3 rings (SSSR count). The number of nitrogens with one attached hydrogen (secondary N) is 1. The number of amides is 2. The molecule has 0 fully saturated rings. The lowest BCUT2D eigenvalue weighted by atomic mass is 10.1. The number of carbonyl (C=O) groups is 2. The molecule has 6 nitrogen and oxygen atoms in total. The minimum Gasteiger partial charge on any atom is -0.408 e. The van der Waals surface area contributed by atoms with E-state index < -0.39 is 35.0 Å². The van der Waals surface area contributed by atoms with Gasteiger partial charge in [-0.25, -0.2) is 18.0 Å². The highest BCUT2D eigenvalue weighted by Gasteiger charge is 2.23. The Morgan fingerprint density at radius 3 is 2.40 bits per heavy atom. The quantitative estimate of drug-likeness (QED) is 0.611. The number of hydrogen-bond acceptors (Lipinski definition) is 3. The predicted octanol–water partition coefficient (Wildman–Crippen LogP) is 4.69. The average Bonchev–Trinajstić information content (AvgIpc) is 3.10. The van der Waals surface area contributed by atoms with Crippen LogP contribution in [-0.4, -0.2) is 34.6 Å². The summed E-state index contributed by atoms with van der Waals surface area (Å²) in [7, 11) is 1.78. The molecule has 1 heterocycles. The Morgan fingerprint density at radius 1 is 1.03 bits per heavy atom. The van der Waals surface area contributed by atoms with E-state index in [9.17, 15) is 22.8 Å². The summed E-state index contributed by atoms with van der Waals surface area (Å²) in [6.07, 6.45) is 1.11. The van der Waals surface area contributed by atoms with Crippen molar-refractivity contribution in [1.82, 2.24) is 9.47 Å². The fraction of sp³-hybridized carbons (Fsp3) is 0.238. The molecule has 1 aromatic heterocycles. The third-order valence-electron chi connectivity index (χ3n) is 4.77. The molecule has 0 spiro atoms. The molecule has 0 atom stereocenters. The van der Waals surface area contributed by atoms with Gasteiger partial charge in [0.2, 0.25) is 0 Å². The van der Waals surface area contributed by atoms with Gasteiger partial charge in [0.05, 0.1) is 16.8 Å². The topological polar surface area (TPSA) is 63.6 Å². The first-order chi connectivity index (χ1) is 14.3. The van der Waals surface area contributed by atoms with Crippen molar-refractivity contribution in [3.8, 4) is 5.75 Å². The van der Waals surface area contributed by atoms with Crippen LogP contribution >= 0.6 is 0 Å². The van der Waals surface area contributed by atoms with Gasteiger partial charge in [-0.05, 0) is 44.2 Å². The molecule has 9 heteroatoms. The third kappa shape index (κ3) is 3.83. The molecule has 0 aliphatic rings. The van der Waals surface area contributed by atoms with Gasteiger partial charge in [-0.1, -0.05) is 0 Å². The van der Waals surface area contributed by atoms with E-state index in [4.69, 9.17) is 4.74 Å². The molecule has 2 aromatic carbocycles. The van der Waals surface area contributed by atoms with E-state index in [0.717, 1.165) is 6.07 Å². The van der Waals surface area contributed by atoms with Crippen LogP contribution in [-0.2, 0) is 7.05 Å². The van der Waals surface area contributed by atoms with Crippen LogP contribution in [0.3, 0.4) is 0 Å². The zero-order chi connectivity index (χ0) is 22.0. The van der Waals surface area contributed by atoms with Crippen LogP contribution in [0.1, 0.15) is 24.2 Å². The normalized spacial score (nSPS) is 10.9. The van der Waals surface area contributed by atoms with E-state index in [1.165, 1.54) is 11.0 Å². The molecular formula is C21H20F3N3O3. The Morgan fingerprint density at radius 2 is 1.73 bits per heavy atom. The lowest BCUT2D eigenvalue weighted by Gasteiger charge is -2.20. The molecule has 0 unspecified atom stereocenters. The summed E-state index contributed by atoms with van der Waals surface area (Å²) < 4.78 is 48.1. The van der Waals surface area contributed by atoms with E-state index in [-0.39, 0.29) is 11.4 Å². The summed E-state index contributed by atoms with van der Waals surface area (Å²) in [5.74, 6) is -5.71. The first-order valence-electron chi connectivity index (χ1n) is 9.28. The van der Waals surface area contributed by atoms with Crippen molar-refractivity contribution in [2.75, 3.05) is 18.4 Å². The van der Waals surface area contributed by atoms with Crippen LogP contribution in [0, 0.1) is 17.5 Å². The largest absolute Gasteiger partial charge is 0.415 e. The van der Waals surface area contributed by atoms with E-state index >= 15 is 0 Å². The average molecular weight is 419 g/mol. The van der Waals surface area contributed by atoms with Crippen molar-refractivity contribution in [2.45, 2.75) is 13.8 Å². The summed E-state index contributed by atoms with van der Waals surface area (Å²) in [6, 6.07) is 6.39. The Hall–Kier alpha value is -3.49. The highest BCUT2D eigenvalue weighted by Crippen LogP contribution is 2.35. The Kier molecular flexibility index (Phi) is 6.00. The first kappa shape index (κ1) is 21.2. The number of hydrogen-bond donors (Lipinski definition) is 1. The summed E-state index contributed by atoms with van der Waals surface area (Å²) >= 11 is 0. The molecule has 0 bridgehead atoms. The van der Waals surface area contributed by atoms with Gasteiger partial charge in [-0.15, -0.1) is 0 Å². The standard InChI is InChI=1S/C21H20F3N3O3/c1-4-27(5-2)21(29)30-16-9-8-15-12(10-11-26(15)3)19(16)25-20(28)13-6-7-14(22)18(24)17(13)23/h6-11H,4-5H2,1-3H3,(H,25,28). The Balaban J connectivity index is 2.04. The number of halogens is 3. The van der Waals surface area contributed by atoms with Gasteiger partial charge in [0, 0.05) is 31.7 Å². The van der Waals surface area contributed by atoms with E-state index in [2.05, 4.69) is 5.32 Å². The highest BCUT2D eigenvalue weighted by atomic mass is 19.2. The van der Waals surface area contributed by atoms with Gasteiger partial charge in [0.15, 0.2) is 23.2 Å². The monoisotopic (exact) mass is 419 g/mol. The number of benzene rings is 2. The first-order valence-corrected chi connectivity index (χ1v) is 9.28. The van der Waals surface area contributed by atoms with Crippen LogP contribution < -0.4 is 10.1 Å². The fourth-order valence-electron chi connectivity index (χ4n) is 3.07. The highest BCUT2D eigenvalue weighted by molar-refractivity contribution is 6.10. The van der Waals surface area contributed by atoms with Crippen LogP contribution in [0.2, 0.25) is 0 Å². The molecule has 1 N–H and O–H groups in total. The Labute approximate surface area is 170 Å². The molecule has 0 saturated carbocycles. The minimum atomic E-state index is -1.74. The SMILES string of the molecule is CCN(CC)C(=O)Oc1ccc2c(ccn2C)c1NC(=O)c1ccc(F)c(F)c1F. The summed E-state index contributed by atoms with van der Waals surface area (Å²) in [5, 5.41) is 3.00. The number of aromatic nitrogens is 1. The van der Waals surface area contributed by atoms with Gasteiger partial charge in [0.1, 0.15) is 0 Å². The van der Waals surface area contributed by atoms with Crippen molar-refractivity contribution < 1.29 is 27.5 Å². The van der Waals surface area contributed by atoms with Gasteiger partial charge in [0.25, 0.3) is 5.91 Å². The number of nitrogens with zero attached hydrogens (tertiary/aromatic N) is 2. The number of rotatable bonds is 5. The maximum atomic E-state index is 14.1. The predicted molar refractivity (Wildman–Crippen MR) is 106 cm³/mol. The minimum absolute atomic E-state index is 0.0435. The zero-order valence-electron chi connectivity index (χ0n) is 16.6. The third-order valence-corrected chi connectivity index (χ3v) is 4.77. The number of anilines is 1. The molecule has 0 aliphatic carbocycles. The second-order valence-electron chi connectivity index (χ2n) is 6.52. The van der Waals surface area contributed by atoms with Crippen molar-refractivity contribution in [2.24, 2.45) is 7.05 Å². The molecule has 0 saturated heterocycles. The van der Waals surface area contributed by atoms with Crippen LogP contribution in [0.5, 0.6) is 5.75 Å². The van der Waals surface area contributed by atoms with E-state index in [0.29, 0.717) is 30.1 Å². The van der Waals surface area contributed by atoms with Gasteiger partial charge in [-0.2, -0.15) is 0 Å². The van der Waals surface area contributed by atoms with Gasteiger partial charge >= 0.3 is 6.09 Å². The molecule has 158 valence electrons. The second-order valence-corrected chi connectivity index (χ2v) is 6.52. The second kappa shape index (κ2) is 8.48. The van der Waals surface area contributed by atoms with Crippen LogP contribution in [0.4, 0.5) is 23.7 Å². The number of aryl methyl sites for hydroxylation is 1. The molecule has 30 heavy (non-hydrogen) atoms. The maximum absolute atomic E-state index is 14.1. The van der Waals surface area contributed by atoms with Crippen molar-refractivity contribution in [1.29, 1.82) is 0 Å². The summed E-state index contributed by atoms with van der Waals surface area (Å²) in [6.45, 7) is 4.43. The fourth-order valence-corrected chi connectivity index (χ4v) is 3.07. The van der Waals surface area contributed by atoms with Gasteiger partial charge in [-0.3, -0.25) is 4.79 Å². The van der Waals surface area contributed by atoms with E-state index in [1.54, 1.807) is 43.8 Å². The van der Waals surface area contributed by atoms with Crippen molar-refractivity contribution in [3.05, 3.63) is 59.5 Å². The van der Waals surface area contributed by atoms with E-state index in [1.807, 2.05) is 0 Å². The molecular weight excluding hydrogens is 399 g/mol. The Bertz CT molecular complexity index is 1120. The lowest BCUT2D eigenvalue weighted by Crippen LogP contribution is -2.33. The molecule has 3 aromatic rings. The zero-order valence-corrected chi connectivity index (χ0v) is 16.6. The maximum Gasteiger partial charge on any atom is 0.415 e. The smallest absolute Gasteiger partial charge is 0.408 e. The molecule has 0 aliphatic heterocycles. The lowest BCUT2D eigenvalue weighted by molar-refractivity contribution is 0.102. The molecule has 0 radical (unpaired) electrons. The van der Waals surface area contributed by atoms with Crippen LogP contribution in [0.25, 0.3) is 10.9 Å². The summed E-state index contributed by atoms with van der Waals surface area (Å²) in [5.41, 5.74) is 0.143. The van der Waals surface area contributed by atoms with Gasteiger partial charge < -0.3 is 19.5 Å². The summed E-state index contributed by atoms with van der Waals surface area (Å²) in [4.78, 5) is 26.5. The number of fused-ring (bicyclic) bond motifs is 1. The van der Waals surface area contributed by atoms with Crippen LogP contribution in [0.15, 0.2) is 36.5 Å². The number of ether oxygens (including phenoxy) is 1. The molecule has 2 amide bonds. The van der Waals surface area contributed by atoms with Crippen molar-refractivity contribution in [3.63, 3.8) is 0 Å².